The van der Waals surface area contributed by atoms with Gasteiger partial charge in [-0.3, -0.25) is 0 Å². The Balaban J connectivity index is 2.30. The molecule has 0 spiro atoms. The highest BCUT2D eigenvalue weighted by molar-refractivity contribution is 9.10. The van der Waals surface area contributed by atoms with Crippen molar-refractivity contribution >= 4 is 27.4 Å². The zero-order valence-electron chi connectivity index (χ0n) is 10.0. The quantitative estimate of drug-likeness (QED) is 0.897. The normalized spacial score (nSPS) is 10.6. The molecule has 1 heterocycles. The second kappa shape index (κ2) is 5.97. The van der Waals surface area contributed by atoms with Crippen LogP contribution in [0.15, 0.2) is 41.0 Å². The van der Waals surface area contributed by atoms with Crippen molar-refractivity contribution in [1.29, 1.82) is 0 Å². The van der Waals surface area contributed by atoms with Gasteiger partial charge in [-0.15, -0.1) is 0 Å². The van der Waals surface area contributed by atoms with Gasteiger partial charge in [-0.25, -0.2) is 4.98 Å². The summed E-state index contributed by atoms with van der Waals surface area (Å²) >= 11 is 3.40. The Kier molecular flexibility index (Phi) is 4.31. The van der Waals surface area contributed by atoms with Gasteiger partial charge in [-0.05, 0) is 46.6 Å². The van der Waals surface area contributed by atoms with Gasteiger partial charge in [0.25, 0.3) is 0 Å². The number of nitrogens with one attached hydrogen (secondary N) is 1. The fraction of sp³-hybridized carbons (Fsp3) is 0.154. The van der Waals surface area contributed by atoms with E-state index in [2.05, 4.69) is 31.0 Å². The van der Waals surface area contributed by atoms with E-state index in [0.29, 0.717) is 11.5 Å². The number of halogens is 3. The number of para-hydroxylation sites is 2. The number of pyridine rings is 1. The summed E-state index contributed by atoms with van der Waals surface area (Å²) < 4.78 is 29.8. The smallest absolute Gasteiger partial charge is 0.387 e. The van der Waals surface area contributed by atoms with Crippen molar-refractivity contribution in [3.63, 3.8) is 0 Å². The Hall–Kier alpha value is -1.69. The molecule has 0 radical (unpaired) electrons. The first-order chi connectivity index (χ1) is 9.08. The zero-order chi connectivity index (χ0) is 13.8. The summed E-state index contributed by atoms with van der Waals surface area (Å²) in [4.78, 5) is 4.15. The summed E-state index contributed by atoms with van der Waals surface area (Å²) in [6.45, 7) is -0.949. The molecule has 0 bridgehead atoms. The Bertz CT molecular complexity index is 578. The summed E-state index contributed by atoms with van der Waals surface area (Å²) in [7, 11) is 0. The number of ether oxygens (including phenoxy) is 1. The van der Waals surface area contributed by atoms with Gasteiger partial charge in [0.2, 0.25) is 0 Å². The van der Waals surface area contributed by atoms with E-state index in [1.807, 2.05) is 13.0 Å². The summed E-state index contributed by atoms with van der Waals surface area (Å²) in [5, 5.41) is 2.97. The van der Waals surface area contributed by atoms with Crippen molar-refractivity contribution in [2.75, 3.05) is 5.32 Å². The van der Waals surface area contributed by atoms with Crippen LogP contribution in [0, 0.1) is 6.92 Å². The third kappa shape index (κ3) is 3.41. The number of benzene rings is 1. The molecule has 2 rings (SSSR count). The fourth-order valence-corrected chi connectivity index (χ4v) is 1.86. The Morgan fingerprint density at radius 3 is 2.74 bits per heavy atom. The van der Waals surface area contributed by atoms with Gasteiger partial charge in [0.1, 0.15) is 11.6 Å². The number of hydrogen-bond donors (Lipinski definition) is 1. The van der Waals surface area contributed by atoms with Crippen LogP contribution in [-0.4, -0.2) is 11.6 Å². The Labute approximate surface area is 117 Å². The molecule has 0 amide bonds. The minimum atomic E-state index is -2.86. The molecule has 1 aromatic carbocycles. The largest absolute Gasteiger partial charge is 0.433 e. The second-order valence-electron chi connectivity index (χ2n) is 3.79. The number of rotatable bonds is 4. The molecule has 0 unspecified atom stereocenters. The monoisotopic (exact) mass is 328 g/mol. The zero-order valence-corrected chi connectivity index (χ0v) is 11.6. The van der Waals surface area contributed by atoms with Gasteiger partial charge < -0.3 is 10.1 Å². The molecule has 6 heteroatoms. The predicted molar refractivity (Wildman–Crippen MR) is 73.0 cm³/mol. The van der Waals surface area contributed by atoms with Crippen LogP contribution in [0.5, 0.6) is 5.75 Å². The molecule has 0 saturated heterocycles. The van der Waals surface area contributed by atoms with E-state index in [0.717, 1.165) is 10.0 Å². The van der Waals surface area contributed by atoms with Crippen molar-refractivity contribution in [3.8, 4) is 5.75 Å². The third-order valence-corrected chi connectivity index (χ3v) is 3.44. The standard InChI is InChI=1S/C13H11BrF2N2O/c1-8-6-7-17-12(11(8)14)18-9-4-2-3-5-10(9)19-13(15)16/h2-7,13H,1H3,(H,17,18). The van der Waals surface area contributed by atoms with Crippen molar-refractivity contribution in [1.82, 2.24) is 4.98 Å². The van der Waals surface area contributed by atoms with Crippen LogP contribution in [0.1, 0.15) is 5.56 Å². The first-order valence-electron chi connectivity index (χ1n) is 5.50. The SMILES string of the molecule is Cc1ccnc(Nc2ccccc2OC(F)F)c1Br. The van der Waals surface area contributed by atoms with Crippen molar-refractivity contribution in [3.05, 3.63) is 46.6 Å². The topological polar surface area (TPSA) is 34.2 Å². The Morgan fingerprint density at radius 1 is 1.26 bits per heavy atom. The van der Waals surface area contributed by atoms with Gasteiger partial charge in [0, 0.05) is 6.20 Å². The second-order valence-corrected chi connectivity index (χ2v) is 4.58. The predicted octanol–water partition coefficient (Wildman–Crippen LogP) is 4.50. The fourth-order valence-electron chi connectivity index (χ4n) is 1.52. The van der Waals surface area contributed by atoms with E-state index in [1.54, 1.807) is 24.4 Å². The highest BCUT2D eigenvalue weighted by Crippen LogP contribution is 2.31. The summed E-state index contributed by atoms with van der Waals surface area (Å²) in [6, 6.07) is 8.31. The average Bonchev–Trinajstić information content (AvgIpc) is 2.36. The molecule has 0 aliphatic carbocycles. The number of anilines is 2. The molecule has 0 fully saturated rings. The first kappa shape index (κ1) is 13.7. The van der Waals surface area contributed by atoms with E-state index in [-0.39, 0.29) is 5.75 Å². The third-order valence-electron chi connectivity index (χ3n) is 2.44. The van der Waals surface area contributed by atoms with Gasteiger partial charge in [0.05, 0.1) is 10.2 Å². The molecule has 1 N–H and O–H groups in total. The molecular weight excluding hydrogens is 318 g/mol. The lowest BCUT2D eigenvalue weighted by molar-refractivity contribution is -0.0493. The summed E-state index contributed by atoms with van der Waals surface area (Å²) in [6.07, 6.45) is 1.64. The maximum atomic E-state index is 12.3. The molecule has 100 valence electrons. The van der Waals surface area contributed by atoms with Gasteiger partial charge >= 0.3 is 6.61 Å². The number of nitrogens with zero attached hydrogens (tertiary/aromatic N) is 1. The molecule has 0 saturated carbocycles. The molecule has 0 atom stereocenters. The van der Waals surface area contributed by atoms with Crippen LogP contribution in [0.25, 0.3) is 0 Å². The molecule has 0 aliphatic rings. The summed E-state index contributed by atoms with van der Waals surface area (Å²) in [5.74, 6) is 0.623. The van der Waals surface area contributed by atoms with Crippen molar-refractivity contribution in [2.24, 2.45) is 0 Å². The molecule has 3 nitrogen and oxygen atoms in total. The number of alkyl halides is 2. The minimum Gasteiger partial charge on any atom is -0.433 e. The highest BCUT2D eigenvalue weighted by Gasteiger charge is 2.11. The molecule has 1 aromatic heterocycles. The Morgan fingerprint density at radius 2 is 2.00 bits per heavy atom. The summed E-state index contributed by atoms with van der Waals surface area (Å²) in [5.41, 5.74) is 1.42. The van der Waals surface area contributed by atoms with Crippen LogP contribution in [0.4, 0.5) is 20.3 Å². The van der Waals surface area contributed by atoms with Crippen LogP contribution in [0.3, 0.4) is 0 Å². The van der Waals surface area contributed by atoms with Gasteiger partial charge in [-0.2, -0.15) is 8.78 Å². The lowest BCUT2D eigenvalue weighted by atomic mass is 10.2. The molecule has 2 aromatic rings. The maximum absolute atomic E-state index is 12.3. The molecule has 0 aliphatic heterocycles. The molecule has 19 heavy (non-hydrogen) atoms. The lowest BCUT2D eigenvalue weighted by Crippen LogP contribution is -2.05. The van der Waals surface area contributed by atoms with Crippen molar-refractivity contribution < 1.29 is 13.5 Å². The number of aryl methyl sites for hydroxylation is 1. The van der Waals surface area contributed by atoms with E-state index in [4.69, 9.17) is 0 Å². The minimum absolute atomic E-state index is 0.0766. The van der Waals surface area contributed by atoms with E-state index >= 15 is 0 Å². The maximum Gasteiger partial charge on any atom is 0.387 e. The van der Waals surface area contributed by atoms with Crippen LogP contribution in [0.2, 0.25) is 0 Å². The number of hydrogen-bond acceptors (Lipinski definition) is 3. The van der Waals surface area contributed by atoms with Crippen LogP contribution < -0.4 is 10.1 Å². The van der Waals surface area contributed by atoms with Crippen LogP contribution >= 0.6 is 15.9 Å². The van der Waals surface area contributed by atoms with Crippen LogP contribution in [-0.2, 0) is 0 Å². The lowest BCUT2D eigenvalue weighted by Gasteiger charge is -2.13. The van der Waals surface area contributed by atoms with Gasteiger partial charge in [0.15, 0.2) is 0 Å². The number of aromatic nitrogens is 1. The average molecular weight is 329 g/mol. The highest BCUT2D eigenvalue weighted by atomic mass is 79.9. The van der Waals surface area contributed by atoms with E-state index in [9.17, 15) is 8.78 Å². The van der Waals surface area contributed by atoms with E-state index < -0.39 is 6.61 Å². The van der Waals surface area contributed by atoms with Crippen molar-refractivity contribution in [2.45, 2.75) is 13.5 Å². The van der Waals surface area contributed by atoms with E-state index in [1.165, 1.54) is 6.07 Å². The van der Waals surface area contributed by atoms with Gasteiger partial charge in [-0.1, -0.05) is 12.1 Å². The first-order valence-corrected chi connectivity index (χ1v) is 6.29. The molecular formula is C13H11BrF2N2O.